The maximum atomic E-state index is 6.14. The molecule has 3 heterocycles. The Bertz CT molecular complexity index is 419. The Kier molecular flexibility index (Phi) is 4.55. The van der Waals surface area contributed by atoms with Crippen molar-refractivity contribution in [1.29, 1.82) is 0 Å². The lowest BCUT2D eigenvalue weighted by atomic mass is 9.78. The van der Waals surface area contributed by atoms with E-state index in [9.17, 15) is 0 Å². The van der Waals surface area contributed by atoms with Crippen LogP contribution in [0, 0.1) is 5.92 Å². The molecule has 0 amide bonds. The Morgan fingerprint density at radius 1 is 1.35 bits per heavy atom. The van der Waals surface area contributed by atoms with Crippen molar-refractivity contribution < 1.29 is 4.74 Å². The molecule has 2 fully saturated rings. The molecule has 5 nitrogen and oxygen atoms in total. The number of rotatable bonds is 3. The molecule has 6 heteroatoms. The number of hydrogen-bond acceptors (Lipinski definition) is 6. The first-order valence-corrected chi connectivity index (χ1v) is 8.43. The second-order valence-electron chi connectivity index (χ2n) is 5.65. The minimum absolute atomic E-state index is 0.0200. The zero-order valence-corrected chi connectivity index (χ0v) is 12.4. The third kappa shape index (κ3) is 2.98. The van der Waals surface area contributed by atoms with Crippen molar-refractivity contribution in [2.45, 2.75) is 37.3 Å². The highest BCUT2D eigenvalue weighted by Gasteiger charge is 2.41. The summed E-state index contributed by atoms with van der Waals surface area (Å²) < 4.78 is 6.14. The molecule has 1 spiro atoms. The van der Waals surface area contributed by atoms with Crippen LogP contribution in [0.15, 0.2) is 18.5 Å². The first-order valence-electron chi connectivity index (χ1n) is 7.28. The summed E-state index contributed by atoms with van der Waals surface area (Å²) in [5.74, 6) is 9.42. The van der Waals surface area contributed by atoms with Gasteiger partial charge in [-0.3, -0.25) is 5.84 Å². The van der Waals surface area contributed by atoms with Crippen molar-refractivity contribution in [2.75, 3.05) is 18.1 Å². The van der Waals surface area contributed by atoms with Crippen LogP contribution in [0.4, 0.5) is 0 Å². The zero-order chi connectivity index (χ0) is 13.8. The number of hydrogen-bond donors (Lipinski definition) is 2. The Labute approximate surface area is 124 Å². The van der Waals surface area contributed by atoms with Gasteiger partial charge in [-0.15, -0.1) is 0 Å². The number of nitrogens with two attached hydrogens (primary N) is 1. The van der Waals surface area contributed by atoms with Crippen LogP contribution in [-0.2, 0) is 4.74 Å². The van der Waals surface area contributed by atoms with E-state index in [1.54, 1.807) is 12.4 Å². The monoisotopic (exact) mass is 294 g/mol. The highest BCUT2D eigenvalue weighted by molar-refractivity contribution is 7.99. The van der Waals surface area contributed by atoms with Crippen LogP contribution >= 0.6 is 11.8 Å². The van der Waals surface area contributed by atoms with E-state index < -0.39 is 0 Å². The molecular formula is C14H22N4OS. The van der Waals surface area contributed by atoms with Crippen molar-refractivity contribution in [3.63, 3.8) is 0 Å². The molecule has 110 valence electrons. The fourth-order valence-corrected chi connectivity index (χ4v) is 4.57. The number of nitrogens with one attached hydrogen (secondary N) is 1. The summed E-state index contributed by atoms with van der Waals surface area (Å²) in [6, 6.07) is 1.85. The molecule has 3 N–H and O–H groups in total. The topological polar surface area (TPSA) is 73.1 Å². The number of nitrogens with zero attached hydrogens (tertiary/aromatic N) is 2. The maximum Gasteiger partial charge on any atom is 0.146 e. The molecule has 2 saturated heterocycles. The fraction of sp³-hybridized carbons (Fsp3) is 0.714. The first-order chi connectivity index (χ1) is 9.83. The molecule has 0 aliphatic carbocycles. The Hall–Kier alpha value is -0.690. The van der Waals surface area contributed by atoms with Crippen molar-refractivity contribution in [3.05, 3.63) is 24.3 Å². The van der Waals surface area contributed by atoms with Crippen molar-refractivity contribution in [1.82, 2.24) is 15.4 Å². The van der Waals surface area contributed by atoms with E-state index in [1.807, 2.05) is 17.8 Å². The molecule has 0 aromatic carbocycles. The first kappa shape index (κ1) is 14.3. The summed E-state index contributed by atoms with van der Waals surface area (Å²) >= 11 is 2.03. The van der Waals surface area contributed by atoms with Crippen LogP contribution in [0.5, 0.6) is 0 Å². The molecule has 2 atom stereocenters. The minimum Gasteiger partial charge on any atom is -0.375 e. The third-order valence-electron chi connectivity index (χ3n) is 4.45. The number of aromatic nitrogens is 2. The molecule has 2 aliphatic heterocycles. The Morgan fingerprint density at radius 2 is 2.10 bits per heavy atom. The number of hydrazine groups is 1. The van der Waals surface area contributed by atoms with Crippen LogP contribution in [0.3, 0.4) is 0 Å². The summed E-state index contributed by atoms with van der Waals surface area (Å²) in [6.07, 6.45) is 7.93. The lowest BCUT2D eigenvalue weighted by Gasteiger charge is -2.44. The second-order valence-corrected chi connectivity index (χ2v) is 6.87. The maximum absolute atomic E-state index is 6.14. The molecule has 2 unspecified atom stereocenters. The average Bonchev–Trinajstić information content (AvgIpc) is 2.50. The van der Waals surface area contributed by atoms with Gasteiger partial charge >= 0.3 is 0 Å². The zero-order valence-electron chi connectivity index (χ0n) is 11.6. The van der Waals surface area contributed by atoms with Gasteiger partial charge in [-0.2, -0.15) is 11.8 Å². The Morgan fingerprint density at radius 3 is 2.80 bits per heavy atom. The van der Waals surface area contributed by atoms with Crippen LogP contribution < -0.4 is 11.3 Å². The molecule has 1 aromatic rings. The lowest BCUT2D eigenvalue weighted by molar-refractivity contribution is -0.108. The van der Waals surface area contributed by atoms with Gasteiger partial charge < -0.3 is 4.74 Å². The van der Waals surface area contributed by atoms with Crippen molar-refractivity contribution in [3.8, 4) is 0 Å². The van der Waals surface area contributed by atoms with Gasteiger partial charge in [0, 0.05) is 19.0 Å². The summed E-state index contributed by atoms with van der Waals surface area (Å²) in [4.78, 5) is 8.72. The van der Waals surface area contributed by atoms with Gasteiger partial charge in [-0.05, 0) is 49.2 Å². The van der Waals surface area contributed by atoms with Crippen LogP contribution in [0.25, 0.3) is 0 Å². The van der Waals surface area contributed by atoms with Crippen LogP contribution in [0.2, 0.25) is 0 Å². The SMILES string of the molecule is NNC(c1ncccn1)C1CCOC2(CCSCC2)C1. The van der Waals surface area contributed by atoms with Crippen LogP contribution in [0.1, 0.15) is 37.5 Å². The van der Waals surface area contributed by atoms with E-state index in [0.29, 0.717) is 5.92 Å². The van der Waals surface area contributed by atoms with E-state index in [0.717, 1.165) is 38.1 Å². The summed E-state index contributed by atoms with van der Waals surface area (Å²) in [7, 11) is 0. The molecular weight excluding hydrogens is 272 g/mol. The standard InChI is InChI=1S/C14H22N4OS/c15-18-12(13-16-5-1-6-17-13)11-2-7-19-14(10-11)3-8-20-9-4-14/h1,5-6,11-12,18H,2-4,7-10,15H2. The fourth-order valence-electron chi connectivity index (χ4n) is 3.33. The number of thioether (sulfide) groups is 1. The molecule has 0 saturated carbocycles. The van der Waals surface area contributed by atoms with E-state index in [-0.39, 0.29) is 11.6 Å². The van der Waals surface area contributed by atoms with E-state index in [4.69, 9.17) is 10.6 Å². The normalized spacial score (nSPS) is 27.4. The second kappa shape index (κ2) is 6.39. The van der Waals surface area contributed by atoms with Crippen LogP contribution in [-0.4, -0.2) is 33.7 Å². The van der Waals surface area contributed by atoms with Gasteiger partial charge in [-0.1, -0.05) is 0 Å². The lowest BCUT2D eigenvalue weighted by Crippen LogP contribution is -2.47. The highest BCUT2D eigenvalue weighted by Crippen LogP contribution is 2.42. The van der Waals surface area contributed by atoms with Gasteiger partial charge in [0.1, 0.15) is 5.82 Å². The third-order valence-corrected chi connectivity index (χ3v) is 5.44. The predicted molar refractivity (Wildman–Crippen MR) is 80.1 cm³/mol. The molecule has 0 bridgehead atoms. The number of ether oxygens (including phenoxy) is 1. The predicted octanol–water partition coefficient (Wildman–Crippen LogP) is 1.67. The van der Waals surface area contributed by atoms with Gasteiger partial charge in [0.15, 0.2) is 0 Å². The Balaban J connectivity index is 1.75. The van der Waals surface area contributed by atoms with Crippen molar-refractivity contribution in [2.24, 2.45) is 11.8 Å². The summed E-state index contributed by atoms with van der Waals surface area (Å²) in [6.45, 7) is 0.820. The molecule has 2 aliphatic rings. The molecule has 20 heavy (non-hydrogen) atoms. The van der Waals surface area contributed by atoms with Crippen molar-refractivity contribution >= 4 is 11.8 Å². The minimum atomic E-state index is 0.0200. The van der Waals surface area contributed by atoms with Gasteiger partial charge in [0.2, 0.25) is 0 Å². The van der Waals surface area contributed by atoms with E-state index in [1.165, 1.54) is 11.5 Å². The summed E-state index contributed by atoms with van der Waals surface area (Å²) in [5.41, 5.74) is 2.99. The molecule has 1 aromatic heterocycles. The average molecular weight is 294 g/mol. The molecule has 3 rings (SSSR count). The van der Waals surface area contributed by atoms with Gasteiger partial charge in [0.05, 0.1) is 11.6 Å². The largest absolute Gasteiger partial charge is 0.375 e. The summed E-state index contributed by atoms with van der Waals surface area (Å²) in [5, 5.41) is 0. The van der Waals surface area contributed by atoms with Gasteiger partial charge in [0.25, 0.3) is 0 Å². The quantitative estimate of drug-likeness (QED) is 0.652. The van der Waals surface area contributed by atoms with E-state index in [2.05, 4.69) is 15.4 Å². The van der Waals surface area contributed by atoms with Gasteiger partial charge in [-0.25, -0.2) is 15.4 Å². The molecule has 0 radical (unpaired) electrons. The van der Waals surface area contributed by atoms with E-state index >= 15 is 0 Å². The highest BCUT2D eigenvalue weighted by atomic mass is 32.2. The smallest absolute Gasteiger partial charge is 0.146 e.